The van der Waals surface area contributed by atoms with Gasteiger partial charge in [0, 0.05) is 25.1 Å². The summed E-state index contributed by atoms with van der Waals surface area (Å²) in [4.78, 5) is 26.3. The molecule has 1 radical (unpaired) electrons. The van der Waals surface area contributed by atoms with E-state index in [1.54, 1.807) is 12.1 Å². The van der Waals surface area contributed by atoms with Gasteiger partial charge in [-0.3, -0.25) is 19.9 Å². The molecule has 0 fully saturated rings. The molecule has 5 heteroatoms. The number of hydrogen-bond acceptors (Lipinski definition) is 4. The maximum atomic E-state index is 11.7. The number of hydrogen-bond donors (Lipinski definition) is 2. The number of carbonyl (C=O) groups is 1. The summed E-state index contributed by atoms with van der Waals surface area (Å²) in [6, 6.07) is 7.08. The van der Waals surface area contributed by atoms with E-state index in [-0.39, 0.29) is 5.91 Å². The monoisotopic (exact) mass is 258 g/mol. The average Bonchev–Trinajstić information content (AvgIpc) is 2.47. The fourth-order valence-corrected chi connectivity index (χ4v) is 1.81. The van der Waals surface area contributed by atoms with Crippen molar-refractivity contribution in [3.8, 4) is 0 Å². The lowest BCUT2D eigenvalue weighted by atomic mass is 10.1. The molecule has 0 bridgehead atoms. The third-order valence-corrected chi connectivity index (χ3v) is 2.87. The van der Waals surface area contributed by atoms with Gasteiger partial charge in [0.15, 0.2) is 5.96 Å². The largest absolute Gasteiger partial charge is 0.356 e. The molecule has 1 aliphatic heterocycles. The van der Waals surface area contributed by atoms with Gasteiger partial charge in [-0.05, 0) is 18.4 Å². The van der Waals surface area contributed by atoms with Crippen molar-refractivity contribution in [2.24, 2.45) is 4.99 Å². The van der Waals surface area contributed by atoms with Gasteiger partial charge in [0.2, 0.25) is 12.2 Å². The van der Waals surface area contributed by atoms with Crippen LogP contribution in [0.15, 0.2) is 29.3 Å². The molecular weight excluding hydrogens is 242 g/mol. The van der Waals surface area contributed by atoms with Crippen LogP contribution in [0.25, 0.3) is 0 Å². The highest BCUT2D eigenvalue weighted by atomic mass is 16.1. The summed E-state index contributed by atoms with van der Waals surface area (Å²) in [6.07, 6.45) is 3.85. The van der Waals surface area contributed by atoms with Crippen LogP contribution in [0.5, 0.6) is 0 Å². The van der Waals surface area contributed by atoms with Gasteiger partial charge in [0.1, 0.15) is 0 Å². The van der Waals surface area contributed by atoms with Crippen LogP contribution in [-0.4, -0.2) is 31.2 Å². The Kier molecular flexibility index (Phi) is 4.66. The van der Waals surface area contributed by atoms with Gasteiger partial charge in [-0.15, -0.1) is 0 Å². The molecule has 1 heterocycles. The molecule has 0 spiro atoms. The quantitative estimate of drug-likeness (QED) is 0.828. The minimum atomic E-state index is -0.0563. The van der Waals surface area contributed by atoms with E-state index in [0.29, 0.717) is 24.4 Å². The second kappa shape index (κ2) is 6.68. The topological polar surface area (TPSA) is 70.6 Å². The van der Waals surface area contributed by atoms with Crippen LogP contribution < -0.4 is 10.6 Å². The zero-order valence-corrected chi connectivity index (χ0v) is 10.6. The van der Waals surface area contributed by atoms with E-state index >= 15 is 0 Å². The number of carbonyl (C=O) groups excluding carboxylic acids is 2. The molecule has 0 aliphatic carbocycles. The zero-order chi connectivity index (χ0) is 13.5. The van der Waals surface area contributed by atoms with Crippen molar-refractivity contribution in [1.29, 1.82) is 0 Å². The first kappa shape index (κ1) is 13.3. The molecule has 1 aliphatic rings. The second-order valence-electron chi connectivity index (χ2n) is 4.36. The molecule has 2 N–H and O–H groups in total. The normalized spacial score (nSPS) is 14.2. The highest BCUT2D eigenvalue weighted by Crippen LogP contribution is 2.05. The summed E-state index contributed by atoms with van der Waals surface area (Å²) in [5.74, 6) is 0.515. The van der Waals surface area contributed by atoms with Crippen molar-refractivity contribution < 1.29 is 9.59 Å². The number of aryl methyl sites for hydroxylation is 1. The molecular formula is C14H16N3O2. The average molecular weight is 258 g/mol. The van der Waals surface area contributed by atoms with E-state index in [4.69, 9.17) is 0 Å². The van der Waals surface area contributed by atoms with Gasteiger partial charge in [-0.2, -0.15) is 0 Å². The molecule has 0 aromatic heterocycles. The predicted molar refractivity (Wildman–Crippen MR) is 72.6 cm³/mol. The molecule has 19 heavy (non-hydrogen) atoms. The third-order valence-electron chi connectivity index (χ3n) is 2.87. The lowest BCUT2D eigenvalue weighted by Crippen LogP contribution is -2.43. The maximum absolute atomic E-state index is 11.7. The molecule has 1 aromatic carbocycles. The summed E-state index contributed by atoms with van der Waals surface area (Å²) >= 11 is 0. The van der Waals surface area contributed by atoms with Crippen molar-refractivity contribution in [2.45, 2.75) is 19.3 Å². The van der Waals surface area contributed by atoms with E-state index in [1.807, 2.05) is 18.4 Å². The van der Waals surface area contributed by atoms with Gasteiger partial charge < -0.3 is 5.32 Å². The van der Waals surface area contributed by atoms with Gasteiger partial charge >= 0.3 is 0 Å². The number of benzene rings is 1. The summed E-state index contributed by atoms with van der Waals surface area (Å²) in [6.45, 7) is 1.61. The molecule has 1 amide bonds. The first-order chi connectivity index (χ1) is 9.28. The van der Waals surface area contributed by atoms with Crippen molar-refractivity contribution in [3.05, 3.63) is 35.4 Å². The van der Waals surface area contributed by atoms with Crippen molar-refractivity contribution >= 4 is 18.2 Å². The predicted octanol–water partition coefficient (Wildman–Crippen LogP) is 0.542. The number of rotatable bonds is 4. The first-order valence-electron chi connectivity index (χ1n) is 6.33. The van der Waals surface area contributed by atoms with Crippen LogP contribution in [0.1, 0.15) is 24.0 Å². The van der Waals surface area contributed by atoms with Crippen LogP contribution in [-0.2, 0) is 16.0 Å². The lowest BCUT2D eigenvalue weighted by Gasteiger charge is -2.14. The Morgan fingerprint density at radius 3 is 2.79 bits per heavy atom. The van der Waals surface area contributed by atoms with Crippen LogP contribution in [0.4, 0.5) is 0 Å². The van der Waals surface area contributed by atoms with E-state index in [2.05, 4.69) is 15.6 Å². The Balaban J connectivity index is 1.79. The fraction of sp³-hybridized carbons (Fsp3) is 0.357. The van der Waals surface area contributed by atoms with E-state index < -0.39 is 0 Å². The Hall–Kier alpha value is -2.17. The SMILES string of the molecule is O=[C]c1ccc(CCC(=O)NC2=NCCCN2)cc1. The summed E-state index contributed by atoms with van der Waals surface area (Å²) in [5, 5.41) is 5.79. The van der Waals surface area contributed by atoms with E-state index in [9.17, 15) is 9.59 Å². The first-order valence-corrected chi connectivity index (χ1v) is 6.33. The van der Waals surface area contributed by atoms with Crippen LogP contribution in [0, 0.1) is 0 Å². The van der Waals surface area contributed by atoms with Crippen molar-refractivity contribution in [2.75, 3.05) is 13.1 Å². The number of guanidine groups is 1. The number of nitrogens with zero attached hydrogens (tertiary/aromatic N) is 1. The second-order valence-corrected chi connectivity index (χ2v) is 4.36. The molecule has 0 saturated heterocycles. The Morgan fingerprint density at radius 1 is 1.37 bits per heavy atom. The molecule has 99 valence electrons. The molecule has 5 nitrogen and oxygen atoms in total. The highest BCUT2D eigenvalue weighted by molar-refractivity contribution is 5.97. The Morgan fingerprint density at radius 2 is 2.16 bits per heavy atom. The summed E-state index contributed by atoms with van der Waals surface area (Å²) in [5.41, 5.74) is 1.54. The number of nitrogens with one attached hydrogen (secondary N) is 2. The summed E-state index contributed by atoms with van der Waals surface area (Å²) < 4.78 is 0. The fourth-order valence-electron chi connectivity index (χ4n) is 1.81. The number of amides is 1. The third kappa shape index (κ3) is 4.21. The Labute approximate surface area is 112 Å². The van der Waals surface area contributed by atoms with Crippen molar-refractivity contribution in [1.82, 2.24) is 10.6 Å². The van der Waals surface area contributed by atoms with Gasteiger partial charge in [-0.1, -0.05) is 24.3 Å². The maximum Gasteiger partial charge on any atom is 0.233 e. The standard InChI is InChI=1S/C14H16N3O2/c18-10-12-4-2-11(3-5-12)6-7-13(19)17-14-15-8-1-9-16-14/h2-5H,1,6-9H2,(H2,15,16,17,19). The molecule has 0 unspecified atom stereocenters. The van der Waals surface area contributed by atoms with Crippen LogP contribution in [0.2, 0.25) is 0 Å². The van der Waals surface area contributed by atoms with Gasteiger partial charge in [0.05, 0.1) is 0 Å². The lowest BCUT2D eigenvalue weighted by molar-refractivity contribution is -0.119. The van der Waals surface area contributed by atoms with Crippen LogP contribution in [0.3, 0.4) is 0 Å². The van der Waals surface area contributed by atoms with E-state index in [0.717, 1.165) is 25.1 Å². The van der Waals surface area contributed by atoms with Crippen LogP contribution >= 0.6 is 0 Å². The highest BCUT2D eigenvalue weighted by Gasteiger charge is 2.08. The molecule has 2 rings (SSSR count). The molecule has 0 atom stereocenters. The minimum Gasteiger partial charge on any atom is -0.356 e. The van der Waals surface area contributed by atoms with Gasteiger partial charge in [0.25, 0.3) is 0 Å². The van der Waals surface area contributed by atoms with E-state index in [1.165, 1.54) is 0 Å². The molecule has 1 aromatic rings. The van der Waals surface area contributed by atoms with Gasteiger partial charge in [-0.25, -0.2) is 0 Å². The number of aliphatic imine (C=N–C) groups is 1. The smallest absolute Gasteiger partial charge is 0.233 e. The zero-order valence-electron chi connectivity index (χ0n) is 10.6. The Bertz CT molecular complexity index is 480. The summed E-state index contributed by atoms with van der Waals surface area (Å²) in [7, 11) is 0. The van der Waals surface area contributed by atoms with Crippen molar-refractivity contribution in [3.63, 3.8) is 0 Å². The minimum absolute atomic E-state index is 0.0563. The molecule has 0 saturated carbocycles.